The summed E-state index contributed by atoms with van der Waals surface area (Å²) in [7, 11) is 2.20. The van der Waals surface area contributed by atoms with Crippen molar-refractivity contribution in [1.29, 1.82) is 0 Å². The van der Waals surface area contributed by atoms with Gasteiger partial charge in [0.25, 0.3) is 0 Å². The number of rotatable bonds is 6. The molecule has 1 aliphatic rings. The lowest BCUT2D eigenvalue weighted by Gasteiger charge is -2.32. The predicted octanol–water partition coefficient (Wildman–Crippen LogP) is 2.15. The first kappa shape index (κ1) is 15.5. The molecule has 0 radical (unpaired) electrons. The Balaban J connectivity index is 1.63. The molecule has 3 heteroatoms. The molecule has 1 aliphatic heterocycles. The van der Waals surface area contributed by atoms with Crippen LogP contribution in [0.5, 0.6) is 0 Å². The molecule has 1 N–H and O–H groups in total. The van der Waals surface area contributed by atoms with Crippen LogP contribution in [-0.4, -0.2) is 56.1 Å². The maximum atomic E-state index is 3.55. The molecule has 0 aromatic heterocycles. The van der Waals surface area contributed by atoms with E-state index in [0.29, 0.717) is 5.92 Å². The van der Waals surface area contributed by atoms with Crippen molar-refractivity contribution in [2.75, 3.05) is 46.3 Å². The quantitative estimate of drug-likeness (QED) is 0.803. The van der Waals surface area contributed by atoms with E-state index in [0.717, 1.165) is 19.6 Å². The van der Waals surface area contributed by atoms with E-state index in [1.54, 1.807) is 0 Å². The number of nitrogens with zero attached hydrogens (tertiary/aromatic N) is 2. The molecular weight excluding hydrogens is 246 g/mol. The minimum Gasteiger partial charge on any atom is -0.311 e. The summed E-state index contributed by atoms with van der Waals surface area (Å²) in [6, 6.07) is 9.00. The SMILES string of the molecule is CC(C)c1ccc(CNCCN2CCN(C)CC2)cc1. The highest BCUT2D eigenvalue weighted by atomic mass is 15.2. The van der Waals surface area contributed by atoms with Gasteiger partial charge in [-0.1, -0.05) is 38.1 Å². The van der Waals surface area contributed by atoms with Gasteiger partial charge in [-0.2, -0.15) is 0 Å². The lowest BCUT2D eigenvalue weighted by molar-refractivity contribution is 0.154. The smallest absolute Gasteiger partial charge is 0.0206 e. The van der Waals surface area contributed by atoms with Crippen LogP contribution in [0.25, 0.3) is 0 Å². The molecule has 112 valence electrons. The largest absolute Gasteiger partial charge is 0.311 e. The Morgan fingerprint density at radius 2 is 1.70 bits per heavy atom. The standard InChI is InChI=1S/C17H29N3/c1-15(2)17-6-4-16(5-7-17)14-18-8-9-20-12-10-19(3)11-13-20/h4-7,15,18H,8-14H2,1-3H3. The van der Waals surface area contributed by atoms with Crippen LogP contribution in [0.15, 0.2) is 24.3 Å². The van der Waals surface area contributed by atoms with Gasteiger partial charge in [-0.3, -0.25) is 4.90 Å². The van der Waals surface area contributed by atoms with Crippen molar-refractivity contribution in [2.45, 2.75) is 26.3 Å². The third-order valence-electron chi connectivity index (χ3n) is 4.18. The van der Waals surface area contributed by atoms with E-state index in [4.69, 9.17) is 0 Å². The molecule has 0 spiro atoms. The second kappa shape index (κ2) is 7.77. The average molecular weight is 275 g/mol. The van der Waals surface area contributed by atoms with E-state index < -0.39 is 0 Å². The minimum absolute atomic E-state index is 0.620. The fourth-order valence-corrected chi connectivity index (χ4v) is 2.56. The molecule has 1 aromatic carbocycles. The second-order valence-electron chi connectivity index (χ2n) is 6.22. The lowest BCUT2D eigenvalue weighted by Crippen LogP contribution is -2.46. The number of nitrogens with one attached hydrogen (secondary N) is 1. The van der Waals surface area contributed by atoms with Crippen molar-refractivity contribution < 1.29 is 0 Å². The molecule has 0 saturated carbocycles. The number of piperazine rings is 1. The first-order valence-corrected chi connectivity index (χ1v) is 7.85. The molecule has 0 atom stereocenters. The summed E-state index contributed by atoms with van der Waals surface area (Å²) < 4.78 is 0. The molecule has 1 saturated heterocycles. The van der Waals surface area contributed by atoms with Gasteiger partial charge in [0, 0.05) is 45.8 Å². The van der Waals surface area contributed by atoms with Crippen LogP contribution in [0.1, 0.15) is 30.9 Å². The summed E-state index contributed by atoms with van der Waals surface area (Å²) in [6.07, 6.45) is 0. The molecule has 0 amide bonds. The summed E-state index contributed by atoms with van der Waals surface area (Å²) in [5, 5.41) is 3.55. The highest BCUT2D eigenvalue weighted by Crippen LogP contribution is 2.14. The van der Waals surface area contributed by atoms with Gasteiger partial charge >= 0.3 is 0 Å². The summed E-state index contributed by atoms with van der Waals surface area (Å²) >= 11 is 0. The molecule has 20 heavy (non-hydrogen) atoms. The molecule has 1 heterocycles. The van der Waals surface area contributed by atoms with E-state index in [2.05, 4.69) is 60.3 Å². The summed E-state index contributed by atoms with van der Waals surface area (Å²) in [5.74, 6) is 0.620. The van der Waals surface area contributed by atoms with Crippen LogP contribution in [0, 0.1) is 0 Å². The van der Waals surface area contributed by atoms with Crippen molar-refractivity contribution in [3.05, 3.63) is 35.4 Å². The van der Waals surface area contributed by atoms with Gasteiger partial charge in [-0.25, -0.2) is 0 Å². The topological polar surface area (TPSA) is 18.5 Å². The Labute approximate surface area is 124 Å². The van der Waals surface area contributed by atoms with Gasteiger partial charge in [-0.15, -0.1) is 0 Å². The van der Waals surface area contributed by atoms with Crippen molar-refractivity contribution in [2.24, 2.45) is 0 Å². The van der Waals surface area contributed by atoms with Crippen molar-refractivity contribution in [3.8, 4) is 0 Å². The maximum Gasteiger partial charge on any atom is 0.0206 e. The average Bonchev–Trinajstić information content (AvgIpc) is 2.46. The van der Waals surface area contributed by atoms with Crippen LogP contribution in [0.2, 0.25) is 0 Å². The fraction of sp³-hybridized carbons (Fsp3) is 0.647. The van der Waals surface area contributed by atoms with E-state index in [-0.39, 0.29) is 0 Å². The Morgan fingerprint density at radius 1 is 1.05 bits per heavy atom. The third-order valence-corrected chi connectivity index (χ3v) is 4.18. The zero-order chi connectivity index (χ0) is 14.4. The molecule has 3 nitrogen and oxygen atoms in total. The number of hydrogen-bond donors (Lipinski definition) is 1. The highest BCUT2D eigenvalue weighted by Gasteiger charge is 2.12. The van der Waals surface area contributed by atoms with Gasteiger partial charge in [0.2, 0.25) is 0 Å². The maximum absolute atomic E-state index is 3.55. The normalized spacial score (nSPS) is 17.8. The van der Waals surface area contributed by atoms with Crippen molar-refractivity contribution in [1.82, 2.24) is 15.1 Å². The van der Waals surface area contributed by atoms with Crippen LogP contribution >= 0.6 is 0 Å². The van der Waals surface area contributed by atoms with Gasteiger partial charge < -0.3 is 10.2 Å². The van der Waals surface area contributed by atoms with Gasteiger partial charge in [0.1, 0.15) is 0 Å². The highest BCUT2D eigenvalue weighted by molar-refractivity contribution is 5.24. The fourth-order valence-electron chi connectivity index (χ4n) is 2.56. The van der Waals surface area contributed by atoms with Crippen LogP contribution in [0.4, 0.5) is 0 Å². The van der Waals surface area contributed by atoms with Crippen molar-refractivity contribution >= 4 is 0 Å². The molecular formula is C17H29N3. The van der Waals surface area contributed by atoms with E-state index in [1.807, 2.05) is 0 Å². The molecule has 0 unspecified atom stereocenters. The van der Waals surface area contributed by atoms with Gasteiger partial charge in [0.15, 0.2) is 0 Å². The van der Waals surface area contributed by atoms with Crippen LogP contribution < -0.4 is 5.32 Å². The third kappa shape index (κ3) is 4.89. The molecule has 0 aliphatic carbocycles. The second-order valence-corrected chi connectivity index (χ2v) is 6.22. The minimum atomic E-state index is 0.620. The van der Waals surface area contributed by atoms with Crippen LogP contribution in [-0.2, 0) is 6.54 Å². The summed E-state index contributed by atoms with van der Waals surface area (Å²) in [5.41, 5.74) is 2.80. The Morgan fingerprint density at radius 3 is 2.30 bits per heavy atom. The van der Waals surface area contributed by atoms with Crippen LogP contribution in [0.3, 0.4) is 0 Å². The number of likely N-dealkylation sites (N-methyl/N-ethyl adjacent to an activating group) is 1. The number of benzene rings is 1. The van der Waals surface area contributed by atoms with E-state index in [1.165, 1.54) is 37.3 Å². The monoisotopic (exact) mass is 275 g/mol. The zero-order valence-corrected chi connectivity index (χ0v) is 13.2. The van der Waals surface area contributed by atoms with Gasteiger partial charge in [-0.05, 0) is 24.1 Å². The first-order chi connectivity index (χ1) is 9.65. The van der Waals surface area contributed by atoms with E-state index in [9.17, 15) is 0 Å². The first-order valence-electron chi connectivity index (χ1n) is 7.85. The zero-order valence-electron chi connectivity index (χ0n) is 13.2. The predicted molar refractivity (Wildman–Crippen MR) is 86.2 cm³/mol. The molecule has 1 aromatic rings. The lowest BCUT2D eigenvalue weighted by atomic mass is 10.0. The van der Waals surface area contributed by atoms with E-state index >= 15 is 0 Å². The molecule has 1 fully saturated rings. The Kier molecular flexibility index (Phi) is 6.02. The van der Waals surface area contributed by atoms with Crippen molar-refractivity contribution in [3.63, 3.8) is 0 Å². The summed E-state index contributed by atoms with van der Waals surface area (Å²) in [4.78, 5) is 4.95. The van der Waals surface area contributed by atoms with Gasteiger partial charge in [0.05, 0.1) is 0 Å². The molecule has 0 bridgehead atoms. The number of hydrogen-bond acceptors (Lipinski definition) is 3. The molecule has 2 rings (SSSR count). The summed E-state index contributed by atoms with van der Waals surface area (Å²) in [6.45, 7) is 12.5. The Bertz CT molecular complexity index is 378. The Hall–Kier alpha value is -0.900.